The molecule has 0 amide bonds. The molecule has 3 rings (SSSR count). The summed E-state index contributed by atoms with van der Waals surface area (Å²) >= 11 is 0. The predicted molar refractivity (Wildman–Crippen MR) is 73.0 cm³/mol. The highest BCUT2D eigenvalue weighted by molar-refractivity contribution is 4.96. The molecular formula is C16H29N. The van der Waals surface area contributed by atoms with Crippen LogP contribution < -0.4 is 5.32 Å². The molecule has 0 aliphatic heterocycles. The van der Waals surface area contributed by atoms with Crippen LogP contribution in [0.25, 0.3) is 0 Å². The lowest BCUT2D eigenvalue weighted by Crippen LogP contribution is -2.28. The normalized spacial score (nSPS) is 49.1. The Bertz CT molecular complexity index is 275. The lowest BCUT2D eigenvalue weighted by molar-refractivity contribution is 0.191. The van der Waals surface area contributed by atoms with Gasteiger partial charge in [0.25, 0.3) is 0 Å². The second-order valence-electron chi connectivity index (χ2n) is 7.45. The molecule has 5 atom stereocenters. The Morgan fingerprint density at radius 1 is 1.18 bits per heavy atom. The Labute approximate surface area is 107 Å². The predicted octanol–water partition coefficient (Wildman–Crippen LogP) is 3.98. The van der Waals surface area contributed by atoms with Crippen LogP contribution in [0.3, 0.4) is 0 Å². The SMILES string of the molecule is CCNC1CCC(C)(CC2CC3CCC2C3)C1. The lowest BCUT2D eigenvalue weighted by atomic mass is 9.74. The van der Waals surface area contributed by atoms with E-state index in [0.29, 0.717) is 5.41 Å². The zero-order chi connectivity index (χ0) is 11.9. The Hall–Kier alpha value is -0.0400. The van der Waals surface area contributed by atoms with Crippen molar-refractivity contribution in [2.24, 2.45) is 23.2 Å². The van der Waals surface area contributed by atoms with Crippen molar-refractivity contribution in [2.75, 3.05) is 6.54 Å². The van der Waals surface area contributed by atoms with Gasteiger partial charge in [-0.3, -0.25) is 0 Å². The van der Waals surface area contributed by atoms with Crippen molar-refractivity contribution in [3.05, 3.63) is 0 Å². The molecule has 1 N–H and O–H groups in total. The van der Waals surface area contributed by atoms with Crippen molar-refractivity contribution >= 4 is 0 Å². The van der Waals surface area contributed by atoms with Gasteiger partial charge in [0.15, 0.2) is 0 Å². The standard InChI is InChI=1S/C16H29N/c1-3-17-15-6-7-16(2,11-15)10-14-9-12-4-5-13(14)8-12/h12-15,17H,3-11H2,1-2H3. The minimum atomic E-state index is 0.669. The van der Waals surface area contributed by atoms with Crippen molar-refractivity contribution in [2.45, 2.75) is 71.3 Å². The summed E-state index contributed by atoms with van der Waals surface area (Å²) < 4.78 is 0. The van der Waals surface area contributed by atoms with E-state index in [1.54, 1.807) is 25.7 Å². The molecular weight excluding hydrogens is 206 g/mol. The number of fused-ring (bicyclic) bond motifs is 2. The third-order valence-corrected chi connectivity index (χ3v) is 5.97. The number of rotatable bonds is 4. The molecule has 98 valence electrons. The molecule has 3 aliphatic rings. The van der Waals surface area contributed by atoms with Crippen LogP contribution in [0.2, 0.25) is 0 Å². The summed E-state index contributed by atoms with van der Waals surface area (Å²) in [5, 5.41) is 3.66. The van der Waals surface area contributed by atoms with Crippen LogP contribution in [0.5, 0.6) is 0 Å². The van der Waals surface area contributed by atoms with Gasteiger partial charge in [0, 0.05) is 6.04 Å². The van der Waals surface area contributed by atoms with Crippen molar-refractivity contribution in [3.63, 3.8) is 0 Å². The molecule has 5 unspecified atom stereocenters. The van der Waals surface area contributed by atoms with Crippen LogP contribution in [0.4, 0.5) is 0 Å². The van der Waals surface area contributed by atoms with E-state index in [-0.39, 0.29) is 0 Å². The van der Waals surface area contributed by atoms with Crippen LogP contribution in [0, 0.1) is 23.2 Å². The third-order valence-electron chi connectivity index (χ3n) is 5.97. The topological polar surface area (TPSA) is 12.0 Å². The number of nitrogens with one attached hydrogen (secondary N) is 1. The first-order chi connectivity index (χ1) is 8.18. The Kier molecular flexibility index (Phi) is 3.23. The molecule has 1 nitrogen and oxygen atoms in total. The van der Waals surface area contributed by atoms with E-state index < -0.39 is 0 Å². The highest BCUT2D eigenvalue weighted by atomic mass is 14.9. The molecule has 3 aliphatic carbocycles. The van der Waals surface area contributed by atoms with Gasteiger partial charge in [-0.25, -0.2) is 0 Å². The van der Waals surface area contributed by atoms with Crippen LogP contribution in [-0.4, -0.2) is 12.6 Å². The Morgan fingerprint density at radius 2 is 2.06 bits per heavy atom. The molecule has 0 aromatic carbocycles. The van der Waals surface area contributed by atoms with Crippen molar-refractivity contribution < 1.29 is 0 Å². The van der Waals surface area contributed by atoms with Crippen molar-refractivity contribution in [1.29, 1.82) is 0 Å². The molecule has 0 aromatic heterocycles. The highest BCUT2D eigenvalue weighted by Gasteiger charge is 2.44. The largest absolute Gasteiger partial charge is 0.314 e. The molecule has 1 heteroatoms. The smallest absolute Gasteiger partial charge is 0.00723 e. The van der Waals surface area contributed by atoms with E-state index in [1.807, 2.05) is 0 Å². The molecule has 0 saturated heterocycles. The summed E-state index contributed by atoms with van der Waals surface area (Å²) in [4.78, 5) is 0. The van der Waals surface area contributed by atoms with Crippen LogP contribution in [-0.2, 0) is 0 Å². The summed E-state index contributed by atoms with van der Waals surface area (Å²) in [6.07, 6.45) is 12.1. The fourth-order valence-electron chi connectivity index (χ4n) is 5.23. The lowest BCUT2D eigenvalue weighted by Gasteiger charge is -2.32. The number of hydrogen-bond acceptors (Lipinski definition) is 1. The van der Waals surface area contributed by atoms with Gasteiger partial charge >= 0.3 is 0 Å². The molecule has 3 fully saturated rings. The van der Waals surface area contributed by atoms with Gasteiger partial charge in [-0.05, 0) is 74.7 Å². The first-order valence-electron chi connectivity index (χ1n) is 7.92. The van der Waals surface area contributed by atoms with E-state index in [0.717, 1.165) is 30.3 Å². The molecule has 17 heavy (non-hydrogen) atoms. The van der Waals surface area contributed by atoms with E-state index in [2.05, 4.69) is 19.2 Å². The number of hydrogen-bond donors (Lipinski definition) is 1. The highest BCUT2D eigenvalue weighted by Crippen LogP contribution is 2.54. The first kappa shape index (κ1) is 12.0. The van der Waals surface area contributed by atoms with Crippen LogP contribution >= 0.6 is 0 Å². The molecule has 0 heterocycles. The zero-order valence-corrected chi connectivity index (χ0v) is 11.7. The monoisotopic (exact) mass is 235 g/mol. The first-order valence-corrected chi connectivity index (χ1v) is 7.92. The van der Waals surface area contributed by atoms with Gasteiger partial charge in [0.05, 0.1) is 0 Å². The van der Waals surface area contributed by atoms with E-state index in [1.165, 1.54) is 25.7 Å². The van der Waals surface area contributed by atoms with Gasteiger partial charge in [0.2, 0.25) is 0 Å². The van der Waals surface area contributed by atoms with Gasteiger partial charge < -0.3 is 5.32 Å². The molecule has 2 bridgehead atoms. The quantitative estimate of drug-likeness (QED) is 0.777. The fraction of sp³-hybridized carbons (Fsp3) is 1.00. The molecule has 0 spiro atoms. The van der Waals surface area contributed by atoms with E-state index in [4.69, 9.17) is 0 Å². The van der Waals surface area contributed by atoms with E-state index in [9.17, 15) is 0 Å². The average molecular weight is 235 g/mol. The zero-order valence-electron chi connectivity index (χ0n) is 11.7. The van der Waals surface area contributed by atoms with Gasteiger partial charge in [-0.1, -0.05) is 20.3 Å². The van der Waals surface area contributed by atoms with Crippen molar-refractivity contribution in [3.8, 4) is 0 Å². The Balaban J connectivity index is 1.54. The van der Waals surface area contributed by atoms with Crippen LogP contribution in [0.15, 0.2) is 0 Å². The third kappa shape index (κ3) is 2.41. The Morgan fingerprint density at radius 3 is 2.71 bits per heavy atom. The van der Waals surface area contributed by atoms with Gasteiger partial charge in [-0.2, -0.15) is 0 Å². The molecule has 0 aromatic rings. The summed E-state index contributed by atoms with van der Waals surface area (Å²) in [5.74, 6) is 3.34. The second kappa shape index (κ2) is 4.57. The van der Waals surface area contributed by atoms with Crippen molar-refractivity contribution in [1.82, 2.24) is 5.32 Å². The second-order valence-corrected chi connectivity index (χ2v) is 7.45. The minimum Gasteiger partial charge on any atom is -0.314 e. The fourth-order valence-corrected chi connectivity index (χ4v) is 5.23. The van der Waals surface area contributed by atoms with Gasteiger partial charge in [-0.15, -0.1) is 0 Å². The minimum absolute atomic E-state index is 0.669. The summed E-state index contributed by atoms with van der Waals surface area (Å²) in [6, 6.07) is 0.823. The van der Waals surface area contributed by atoms with E-state index >= 15 is 0 Å². The van der Waals surface area contributed by atoms with Gasteiger partial charge in [0.1, 0.15) is 0 Å². The maximum Gasteiger partial charge on any atom is 0.00723 e. The molecule has 3 saturated carbocycles. The summed E-state index contributed by atoms with van der Waals surface area (Å²) in [5.41, 5.74) is 0.669. The van der Waals surface area contributed by atoms with Crippen LogP contribution in [0.1, 0.15) is 65.2 Å². The summed E-state index contributed by atoms with van der Waals surface area (Å²) in [6.45, 7) is 5.96. The maximum absolute atomic E-state index is 3.66. The maximum atomic E-state index is 3.66. The average Bonchev–Trinajstić information content (AvgIpc) is 2.95. The molecule has 0 radical (unpaired) electrons. The summed E-state index contributed by atoms with van der Waals surface area (Å²) in [7, 11) is 0.